The van der Waals surface area contributed by atoms with Crippen LogP contribution in [0.1, 0.15) is 18.5 Å². The van der Waals surface area contributed by atoms with Crippen molar-refractivity contribution in [3.8, 4) is 5.69 Å². The van der Waals surface area contributed by atoms with Crippen molar-refractivity contribution in [2.24, 2.45) is 0 Å². The lowest BCUT2D eigenvalue weighted by Gasteiger charge is -2.19. The number of nitrogens with zero attached hydrogens (tertiary/aromatic N) is 2. The number of hydrogen-bond donors (Lipinski definition) is 1. The highest BCUT2D eigenvalue weighted by molar-refractivity contribution is 9.10. The molecular weight excluding hydrogens is 326 g/mol. The van der Waals surface area contributed by atoms with Crippen molar-refractivity contribution in [2.45, 2.75) is 13.0 Å². The molecule has 0 fully saturated rings. The first kappa shape index (κ1) is 13.9. The summed E-state index contributed by atoms with van der Waals surface area (Å²) in [5.41, 5.74) is 3.43. The van der Waals surface area contributed by atoms with E-state index in [-0.39, 0.29) is 6.04 Å². The average Bonchev–Trinajstić information content (AvgIpc) is 3.02. The van der Waals surface area contributed by atoms with E-state index < -0.39 is 0 Å². The highest BCUT2D eigenvalue weighted by atomic mass is 79.9. The maximum Gasteiger partial charge on any atom is 0.0992 e. The van der Waals surface area contributed by atoms with E-state index in [1.807, 2.05) is 29.2 Å². The Balaban J connectivity index is 1.86. The Labute approximate surface area is 132 Å². The highest BCUT2D eigenvalue weighted by Crippen LogP contribution is 2.25. The van der Waals surface area contributed by atoms with Crippen LogP contribution in [0.15, 0.2) is 71.7 Å². The van der Waals surface area contributed by atoms with Gasteiger partial charge in [0.2, 0.25) is 0 Å². The van der Waals surface area contributed by atoms with Crippen LogP contribution in [-0.4, -0.2) is 9.55 Å². The summed E-state index contributed by atoms with van der Waals surface area (Å²) >= 11 is 3.47. The van der Waals surface area contributed by atoms with Crippen molar-refractivity contribution in [2.75, 3.05) is 5.32 Å². The molecule has 1 N–H and O–H groups in total. The van der Waals surface area contributed by atoms with Crippen LogP contribution in [-0.2, 0) is 0 Å². The molecule has 0 radical (unpaired) electrons. The fourth-order valence-electron chi connectivity index (χ4n) is 2.29. The fraction of sp³-hybridized carbons (Fsp3) is 0.118. The number of imidazole rings is 1. The van der Waals surface area contributed by atoms with Crippen LogP contribution < -0.4 is 5.32 Å². The van der Waals surface area contributed by atoms with Gasteiger partial charge in [0.05, 0.1) is 17.7 Å². The van der Waals surface area contributed by atoms with Crippen molar-refractivity contribution in [3.05, 3.63) is 77.3 Å². The summed E-state index contributed by atoms with van der Waals surface area (Å²) in [5, 5.41) is 3.57. The lowest BCUT2D eigenvalue weighted by atomic mass is 10.1. The van der Waals surface area contributed by atoms with Crippen LogP contribution in [0.3, 0.4) is 0 Å². The molecule has 1 heterocycles. The zero-order valence-electron chi connectivity index (χ0n) is 11.7. The lowest BCUT2D eigenvalue weighted by Crippen LogP contribution is -2.08. The summed E-state index contributed by atoms with van der Waals surface area (Å²) in [6.07, 6.45) is 5.55. The van der Waals surface area contributed by atoms with Crippen LogP contribution in [0.2, 0.25) is 0 Å². The van der Waals surface area contributed by atoms with Gasteiger partial charge < -0.3 is 9.88 Å². The van der Waals surface area contributed by atoms with E-state index >= 15 is 0 Å². The average molecular weight is 342 g/mol. The molecule has 3 aromatic rings. The van der Waals surface area contributed by atoms with E-state index in [0.29, 0.717) is 0 Å². The molecule has 0 bridgehead atoms. The molecule has 4 heteroatoms. The summed E-state index contributed by atoms with van der Waals surface area (Å²) in [4.78, 5) is 4.12. The van der Waals surface area contributed by atoms with Gasteiger partial charge in [0.25, 0.3) is 0 Å². The molecule has 0 saturated carbocycles. The Morgan fingerprint density at radius 2 is 1.86 bits per heavy atom. The molecule has 3 rings (SSSR count). The van der Waals surface area contributed by atoms with Gasteiger partial charge in [-0.25, -0.2) is 4.98 Å². The van der Waals surface area contributed by atoms with Crippen LogP contribution in [0.4, 0.5) is 5.69 Å². The molecule has 0 amide bonds. The van der Waals surface area contributed by atoms with Crippen LogP contribution in [0, 0.1) is 0 Å². The predicted molar refractivity (Wildman–Crippen MR) is 89.7 cm³/mol. The first-order chi connectivity index (χ1) is 10.2. The highest BCUT2D eigenvalue weighted by Gasteiger charge is 2.09. The second kappa shape index (κ2) is 6.14. The Morgan fingerprint density at radius 3 is 2.57 bits per heavy atom. The van der Waals surface area contributed by atoms with Gasteiger partial charge >= 0.3 is 0 Å². The first-order valence-corrected chi connectivity index (χ1v) is 7.63. The first-order valence-electron chi connectivity index (χ1n) is 6.83. The van der Waals surface area contributed by atoms with Crippen LogP contribution in [0.25, 0.3) is 5.69 Å². The Morgan fingerprint density at radius 1 is 1.10 bits per heavy atom. The van der Waals surface area contributed by atoms with Gasteiger partial charge in [-0.2, -0.15) is 0 Å². The lowest BCUT2D eigenvalue weighted by molar-refractivity contribution is 0.879. The van der Waals surface area contributed by atoms with Crippen molar-refractivity contribution in [3.63, 3.8) is 0 Å². The van der Waals surface area contributed by atoms with E-state index in [4.69, 9.17) is 0 Å². The molecular formula is C17H16BrN3. The summed E-state index contributed by atoms with van der Waals surface area (Å²) < 4.78 is 3.11. The second-order valence-electron chi connectivity index (χ2n) is 4.90. The number of para-hydroxylation sites is 2. The third-order valence-corrected chi connectivity index (χ3v) is 3.96. The summed E-state index contributed by atoms with van der Waals surface area (Å²) in [7, 11) is 0. The van der Waals surface area contributed by atoms with E-state index in [9.17, 15) is 0 Å². The Bertz CT molecular complexity index is 705. The summed E-state index contributed by atoms with van der Waals surface area (Å²) in [6.45, 7) is 2.16. The molecule has 0 spiro atoms. The third kappa shape index (κ3) is 3.16. The normalized spacial score (nSPS) is 12.1. The molecule has 106 valence electrons. The number of anilines is 1. The number of halogens is 1. The maximum atomic E-state index is 4.12. The van der Waals surface area contributed by atoms with Gasteiger partial charge in [-0.3, -0.25) is 0 Å². The summed E-state index contributed by atoms with van der Waals surface area (Å²) in [5.74, 6) is 0. The predicted octanol–water partition coefficient (Wildman–Crippen LogP) is 4.81. The quantitative estimate of drug-likeness (QED) is 0.738. The molecule has 3 nitrogen and oxygen atoms in total. The van der Waals surface area contributed by atoms with Crippen molar-refractivity contribution >= 4 is 21.6 Å². The standard InChI is InChI=1S/C17H16BrN3/c1-13(14-6-8-15(18)9-7-14)20-16-4-2-3-5-17(16)21-11-10-19-12-21/h2-13,20H,1H3. The zero-order valence-corrected chi connectivity index (χ0v) is 13.3. The molecule has 0 aliphatic heterocycles. The maximum absolute atomic E-state index is 4.12. The summed E-state index contributed by atoms with van der Waals surface area (Å²) in [6, 6.07) is 16.8. The van der Waals surface area contributed by atoms with E-state index in [1.54, 1.807) is 6.20 Å². The molecule has 21 heavy (non-hydrogen) atoms. The number of hydrogen-bond acceptors (Lipinski definition) is 2. The Hall–Kier alpha value is -2.07. The SMILES string of the molecule is CC(Nc1ccccc1-n1ccnc1)c1ccc(Br)cc1. The molecule has 1 atom stereocenters. The minimum Gasteiger partial charge on any atom is -0.377 e. The van der Waals surface area contributed by atoms with Crippen LogP contribution in [0.5, 0.6) is 0 Å². The fourth-order valence-corrected chi connectivity index (χ4v) is 2.55. The Kier molecular flexibility index (Phi) is 4.06. The number of benzene rings is 2. The van der Waals surface area contributed by atoms with E-state index in [0.717, 1.165) is 15.8 Å². The van der Waals surface area contributed by atoms with Gasteiger partial charge in [0, 0.05) is 22.9 Å². The molecule has 0 saturated heterocycles. The van der Waals surface area contributed by atoms with Crippen LogP contribution >= 0.6 is 15.9 Å². The zero-order chi connectivity index (χ0) is 14.7. The van der Waals surface area contributed by atoms with E-state index in [1.165, 1.54) is 5.56 Å². The van der Waals surface area contributed by atoms with Crippen molar-refractivity contribution in [1.82, 2.24) is 9.55 Å². The molecule has 1 aromatic heterocycles. The molecule has 2 aromatic carbocycles. The number of aromatic nitrogens is 2. The smallest absolute Gasteiger partial charge is 0.0992 e. The van der Waals surface area contributed by atoms with E-state index in [2.05, 4.69) is 69.6 Å². The van der Waals surface area contributed by atoms with Gasteiger partial charge in [-0.15, -0.1) is 0 Å². The van der Waals surface area contributed by atoms with Gasteiger partial charge in [-0.1, -0.05) is 40.2 Å². The molecule has 0 aliphatic rings. The minimum absolute atomic E-state index is 0.225. The topological polar surface area (TPSA) is 29.9 Å². The van der Waals surface area contributed by atoms with Gasteiger partial charge in [-0.05, 0) is 36.8 Å². The third-order valence-electron chi connectivity index (χ3n) is 3.43. The number of rotatable bonds is 4. The molecule has 1 unspecified atom stereocenters. The van der Waals surface area contributed by atoms with Crippen molar-refractivity contribution < 1.29 is 0 Å². The molecule has 0 aliphatic carbocycles. The minimum atomic E-state index is 0.225. The second-order valence-corrected chi connectivity index (χ2v) is 5.82. The van der Waals surface area contributed by atoms with Gasteiger partial charge in [0.1, 0.15) is 0 Å². The van der Waals surface area contributed by atoms with Crippen molar-refractivity contribution in [1.29, 1.82) is 0 Å². The largest absolute Gasteiger partial charge is 0.377 e. The van der Waals surface area contributed by atoms with Gasteiger partial charge in [0.15, 0.2) is 0 Å². The number of nitrogens with one attached hydrogen (secondary N) is 1. The monoisotopic (exact) mass is 341 g/mol.